The zero-order valence-electron chi connectivity index (χ0n) is 19.4. The molecule has 2 aliphatic heterocycles. The molecule has 12 heteroatoms. The van der Waals surface area contributed by atoms with E-state index in [1.165, 1.54) is 17.4 Å². The number of hydrogen-bond donors (Lipinski definition) is 3. The third-order valence-corrected chi connectivity index (χ3v) is 5.79. The number of carbonyl (C=O) groups excluding carboxylic acids is 1. The molecule has 2 aliphatic rings. The molecule has 1 fully saturated rings. The molecule has 3 aromatic heterocycles. The van der Waals surface area contributed by atoms with E-state index in [1.54, 1.807) is 11.1 Å². The molecular weight excluding hydrogens is 440 g/mol. The molecule has 12 nitrogen and oxygen atoms in total. The van der Waals surface area contributed by atoms with Gasteiger partial charge in [-0.1, -0.05) is 0 Å². The quantitative estimate of drug-likeness (QED) is 0.489. The average molecular weight is 469 g/mol. The second-order valence-electron chi connectivity index (χ2n) is 8.14. The third-order valence-electron chi connectivity index (χ3n) is 5.79. The molecule has 3 aromatic rings. The number of fused-ring (bicyclic) bond motifs is 2. The summed E-state index contributed by atoms with van der Waals surface area (Å²) in [7, 11) is 1.52. The molecule has 1 saturated heterocycles. The standard InChI is InChI=1S/C21H26N8O2.CH2O2/c1-13-10-15-11-17(20(31-3)26-29(15)25-13)24-21(30)28-8-5-16-18(4-6-23-19(16)28)27-9-7-22-14(2)12-27;2-1-3/h4,6,10-11,14,22H,5,7-9,12H2,1-3H3,(H,24,30);1H,(H,2,3)/t14-;/m1./s1. The third kappa shape index (κ3) is 4.57. The number of amides is 2. The lowest BCUT2D eigenvalue weighted by atomic mass is 10.1. The van der Waals surface area contributed by atoms with Gasteiger partial charge in [-0.2, -0.15) is 5.10 Å². The molecule has 2 amide bonds. The van der Waals surface area contributed by atoms with Gasteiger partial charge in [0.05, 0.1) is 18.3 Å². The van der Waals surface area contributed by atoms with Gasteiger partial charge in [-0.25, -0.2) is 9.78 Å². The summed E-state index contributed by atoms with van der Waals surface area (Å²) in [6.45, 7) is 7.25. The number of rotatable bonds is 3. The Morgan fingerprint density at radius 1 is 1.32 bits per heavy atom. The molecule has 34 heavy (non-hydrogen) atoms. The molecule has 0 spiro atoms. The van der Waals surface area contributed by atoms with Crippen LogP contribution in [0, 0.1) is 6.92 Å². The number of carbonyl (C=O) groups is 2. The number of ether oxygens (including phenoxy) is 1. The minimum atomic E-state index is -0.252. The summed E-state index contributed by atoms with van der Waals surface area (Å²) in [6, 6.07) is 5.95. The maximum atomic E-state index is 13.2. The lowest BCUT2D eigenvalue weighted by Gasteiger charge is -2.34. The maximum absolute atomic E-state index is 13.2. The number of aryl methyl sites for hydroxylation is 1. The molecule has 1 atom stereocenters. The first-order valence-electron chi connectivity index (χ1n) is 11.0. The second-order valence-corrected chi connectivity index (χ2v) is 8.14. The van der Waals surface area contributed by atoms with Crippen molar-refractivity contribution in [1.82, 2.24) is 25.1 Å². The Hall–Kier alpha value is -3.93. The predicted octanol–water partition coefficient (Wildman–Crippen LogP) is 1.53. The van der Waals surface area contributed by atoms with Crippen molar-refractivity contribution in [2.24, 2.45) is 0 Å². The largest absolute Gasteiger partial charge is 0.483 e. The molecule has 3 N–H and O–H groups in total. The van der Waals surface area contributed by atoms with Crippen molar-refractivity contribution in [3.05, 3.63) is 35.7 Å². The van der Waals surface area contributed by atoms with Crippen LogP contribution in [0.2, 0.25) is 0 Å². The number of urea groups is 1. The van der Waals surface area contributed by atoms with Crippen molar-refractivity contribution < 1.29 is 19.4 Å². The van der Waals surface area contributed by atoms with E-state index in [1.807, 2.05) is 19.1 Å². The summed E-state index contributed by atoms with van der Waals surface area (Å²) in [4.78, 5) is 30.1. The number of methoxy groups -OCH3 is 1. The van der Waals surface area contributed by atoms with Crippen LogP contribution in [0.25, 0.3) is 5.52 Å². The highest BCUT2D eigenvalue weighted by molar-refractivity contribution is 6.03. The molecule has 5 heterocycles. The lowest BCUT2D eigenvalue weighted by Crippen LogP contribution is -2.49. The Morgan fingerprint density at radius 2 is 2.12 bits per heavy atom. The van der Waals surface area contributed by atoms with E-state index in [9.17, 15) is 4.79 Å². The van der Waals surface area contributed by atoms with Gasteiger partial charge in [0.1, 0.15) is 11.5 Å². The van der Waals surface area contributed by atoms with E-state index in [2.05, 4.69) is 43.7 Å². The highest BCUT2D eigenvalue weighted by Crippen LogP contribution is 2.35. The smallest absolute Gasteiger partial charge is 0.327 e. The van der Waals surface area contributed by atoms with Crippen molar-refractivity contribution in [1.29, 1.82) is 0 Å². The number of nitrogens with one attached hydrogen (secondary N) is 2. The fourth-order valence-electron chi connectivity index (χ4n) is 4.38. The summed E-state index contributed by atoms with van der Waals surface area (Å²) in [5, 5.41) is 21.9. The van der Waals surface area contributed by atoms with E-state index >= 15 is 0 Å². The minimum absolute atomic E-state index is 0.250. The Kier molecular flexibility index (Phi) is 6.77. The number of pyridine rings is 1. The topological polar surface area (TPSA) is 137 Å². The van der Waals surface area contributed by atoms with Gasteiger partial charge in [0.25, 0.3) is 12.4 Å². The molecule has 0 bridgehead atoms. The van der Waals surface area contributed by atoms with Crippen LogP contribution in [0.15, 0.2) is 24.4 Å². The van der Waals surface area contributed by atoms with Crippen LogP contribution < -0.4 is 25.2 Å². The van der Waals surface area contributed by atoms with Crippen LogP contribution in [0.5, 0.6) is 5.88 Å². The van der Waals surface area contributed by atoms with Gasteiger partial charge in [0, 0.05) is 49.7 Å². The van der Waals surface area contributed by atoms with Crippen molar-refractivity contribution >= 4 is 35.2 Å². The van der Waals surface area contributed by atoms with Gasteiger partial charge in [0.2, 0.25) is 0 Å². The number of hydrogen-bond acceptors (Lipinski definition) is 8. The van der Waals surface area contributed by atoms with Gasteiger partial charge in [-0.05, 0) is 38.5 Å². The Morgan fingerprint density at radius 3 is 2.85 bits per heavy atom. The number of anilines is 3. The zero-order valence-corrected chi connectivity index (χ0v) is 19.4. The molecule has 180 valence electrons. The summed E-state index contributed by atoms with van der Waals surface area (Å²) in [6.07, 6.45) is 2.57. The van der Waals surface area contributed by atoms with Gasteiger partial charge in [0.15, 0.2) is 0 Å². The highest BCUT2D eigenvalue weighted by atomic mass is 16.5. The Bertz CT molecular complexity index is 1200. The van der Waals surface area contributed by atoms with Gasteiger partial charge in [-0.15, -0.1) is 9.73 Å². The predicted molar refractivity (Wildman–Crippen MR) is 127 cm³/mol. The number of nitrogens with zero attached hydrogens (tertiary/aromatic N) is 6. The number of piperazine rings is 1. The van der Waals surface area contributed by atoms with Gasteiger partial charge in [-0.3, -0.25) is 9.69 Å². The van der Waals surface area contributed by atoms with Crippen LogP contribution in [-0.2, 0) is 11.2 Å². The first kappa shape index (κ1) is 23.2. The van der Waals surface area contributed by atoms with E-state index in [0.29, 0.717) is 24.2 Å². The average Bonchev–Trinajstić information content (AvgIpc) is 3.41. The van der Waals surface area contributed by atoms with Crippen LogP contribution in [0.3, 0.4) is 0 Å². The summed E-state index contributed by atoms with van der Waals surface area (Å²) in [5.74, 6) is 1.02. The molecule has 0 radical (unpaired) electrons. The van der Waals surface area contributed by atoms with Crippen molar-refractivity contribution in [2.75, 3.05) is 48.4 Å². The molecule has 0 saturated carbocycles. The van der Waals surface area contributed by atoms with Gasteiger partial charge >= 0.3 is 6.03 Å². The van der Waals surface area contributed by atoms with E-state index in [0.717, 1.165) is 48.6 Å². The van der Waals surface area contributed by atoms with Crippen LogP contribution in [-0.4, -0.2) is 76.8 Å². The Labute approximate surface area is 196 Å². The first-order valence-corrected chi connectivity index (χ1v) is 11.0. The highest BCUT2D eigenvalue weighted by Gasteiger charge is 2.31. The fourth-order valence-corrected chi connectivity index (χ4v) is 4.38. The summed E-state index contributed by atoms with van der Waals surface area (Å²) in [5.41, 5.74) is 4.41. The summed E-state index contributed by atoms with van der Waals surface area (Å²) >= 11 is 0. The molecule has 5 rings (SSSR count). The second kappa shape index (κ2) is 9.91. The van der Waals surface area contributed by atoms with E-state index in [-0.39, 0.29) is 12.5 Å². The fraction of sp³-hybridized carbons (Fsp3) is 0.409. The van der Waals surface area contributed by atoms with Crippen LogP contribution in [0.1, 0.15) is 18.2 Å². The first-order chi connectivity index (χ1) is 16.4. The summed E-state index contributed by atoms with van der Waals surface area (Å²) < 4.78 is 6.87. The van der Waals surface area contributed by atoms with Crippen molar-refractivity contribution in [3.63, 3.8) is 0 Å². The normalized spacial score (nSPS) is 17.1. The Balaban J connectivity index is 0.000000868. The van der Waals surface area contributed by atoms with Crippen molar-refractivity contribution in [2.45, 2.75) is 26.3 Å². The van der Waals surface area contributed by atoms with E-state index in [4.69, 9.17) is 14.6 Å². The van der Waals surface area contributed by atoms with Crippen molar-refractivity contribution in [3.8, 4) is 5.88 Å². The number of carboxylic acid groups (broad SMARTS) is 1. The molecule has 0 aromatic carbocycles. The van der Waals surface area contributed by atoms with E-state index < -0.39 is 0 Å². The molecule has 0 aliphatic carbocycles. The van der Waals surface area contributed by atoms with Gasteiger partial charge < -0.3 is 25.4 Å². The van der Waals surface area contributed by atoms with Crippen LogP contribution >= 0.6 is 0 Å². The maximum Gasteiger partial charge on any atom is 0.327 e. The molecule has 0 unspecified atom stereocenters. The zero-order chi connectivity index (χ0) is 24.2. The SMILES string of the molecule is COc1nn2nc(C)cc2cc1NC(=O)N1CCc2c(N3CCN[C@H](C)C3)ccnc21.O=CO. The molecular formula is C22H28N8O4. The van der Waals surface area contributed by atoms with Crippen LogP contribution in [0.4, 0.5) is 22.0 Å². The minimum Gasteiger partial charge on any atom is -0.483 e. The number of aromatic nitrogens is 4. The lowest BCUT2D eigenvalue weighted by molar-refractivity contribution is -0.122. The monoisotopic (exact) mass is 468 g/mol.